The van der Waals surface area contributed by atoms with Crippen LogP contribution in [0.5, 0.6) is 0 Å². The van der Waals surface area contributed by atoms with Crippen LogP contribution < -0.4 is 5.32 Å². The van der Waals surface area contributed by atoms with E-state index in [2.05, 4.69) is 9.84 Å². The van der Waals surface area contributed by atoms with Gasteiger partial charge in [-0.05, 0) is 6.92 Å². The van der Waals surface area contributed by atoms with Gasteiger partial charge in [0.15, 0.2) is 0 Å². The minimum absolute atomic E-state index is 0.0419. The molecular weight excluding hydrogens is 165 g/mol. The lowest BCUT2D eigenvalue weighted by molar-refractivity contribution is -0.0452. The first-order valence-electron chi connectivity index (χ1n) is 3.63. The molecule has 2 atom stereocenters. The van der Waals surface area contributed by atoms with Gasteiger partial charge in [-0.1, -0.05) is 0 Å². The number of rotatable bonds is 3. The van der Waals surface area contributed by atoms with Gasteiger partial charge in [-0.15, -0.1) is 0 Å². The first-order chi connectivity index (χ1) is 5.33. The molecule has 11 heavy (non-hydrogen) atoms. The Kier molecular flexibility index (Phi) is 3.94. The molecular formula is C6H12NO3P. The summed E-state index contributed by atoms with van der Waals surface area (Å²) < 4.78 is 20.1. The van der Waals surface area contributed by atoms with Crippen molar-refractivity contribution in [1.82, 2.24) is 5.32 Å². The first-order valence-corrected chi connectivity index (χ1v) is 4.36. The summed E-state index contributed by atoms with van der Waals surface area (Å²) in [6.07, 6.45) is 0.265. The summed E-state index contributed by atoms with van der Waals surface area (Å²) in [4.78, 5) is 0. The summed E-state index contributed by atoms with van der Waals surface area (Å²) in [6, 6.07) is 0. The third-order valence-corrected chi connectivity index (χ3v) is 1.80. The number of nitrogens with one attached hydrogen (secondary N) is 1. The largest absolute Gasteiger partial charge is 0.370 e. The molecule has 1 N–H and O–H groups in total. The molecule has 4 nitrogen and oxygen atoms in total. The zero-order valence-corrected chi connectivity index (χ0v) is 7.34. The van der Waals surface area contributed by atoms with E-state index in [1.54, 1.807) is 0 Å². The first kappa shape index (κ1) is 9.07. The monoisotopic (exact) mass is 177 g/mol. The Labute approximate surface area is 67.5 Å². The molecule has 1 aliphatic heterocycles. The van der Waals surface area contributed by atoms with E-state index in [4.69, 9.17) is 4.74 Å². The van der Waals surface area contributed by atoms with Gasteiger partial charge in [0, 0.05) is 13.1 Å². The molecule has 0 aliphatic carbocycles. The molecule has 0 spiro atoms. The molecule has 0 unspecified atom stereocenters. The molecule has 5 heteroatoms. The standard InChI is InChI=1S/C6H12NO3P/c1-5-2-7-3-6(10-5)4-9-11-8/h5-7H,2-4H2,1H3/t5-,6-/m0/s1. The molecule has 1 fully saturated rings. The molecule has 0 amide bonds. The fourth-order valence-electron chi connectivity index (χ4n) is 1.08. The van der Waals surface area contributed by atoms with E-state index in [9.17, 15) is 4.57 Å². The van der Waals surface area contributed by atoms with E-state index in [1.165, 1.54) is 0 Å². The van der Waals surface area contributed by atoms with Crippen molar-refractivity contribution in [2.75, 3.05) is 19.7 Å². The van der Waals surface area contributed by atoms with Gasteiger partial charge in [-0.2, -0.15) is 0 Å². The van der Waals surface area contributed by atoms with Gasteiger partial charge in [-0.25, -0.2) is 4.57 Å². The molecule has 64 valence electrons. The number of hydrogen-bond donors (Lipinski definition) is 1. The zero-order valence-electron chi connectivity index (χ0n) is 6.45. The van der Waals surface area contributed by atoms with Crippen LogP contribution in [0.25, 0.3) is 0 Å². The van der Waals surface area contributed by atoms with E-state index in [1.807, 2.05) is 6.92 Å². The number of hydrogen-bond acceptors (Lipinski definition) is 4. The third kappa shape index (κ3) is 3.25. The summed E-state index contributed by atoms with van der Waals surface area (Å²) in [7, 11) is -0.272. The van der Waals surface area contributed by atoms with Crippen molar-refractivity contribution in [3.05, 3.63) is 0 Å². The zero-order chi connectivity index (χ0) is 8.10. The highest BCUT2D eigenvalue weighted by Crippen LogP contribution is 2.06. The van der Waals surface area contributed by atoms with Crippen LogP contribution in [-0.2, 0) is 13.8 Å². The minimum atomic E-state index is -0.272. The SMILES string of the molecule is C[C@H]1CNC[C@@H](COP=O)O1. The maximum atomic E-state index is 9.93. The van der Waals surface area contributed by atoms with E-state index in [0.29, 0.717) is 6.61 Å². The molecule has 0 saturated carbocycles. The van der Waals surface area contributed by atoms with Crippen molar-refractivity contribution >= 4 is 8.69 Å². The summed E-state index contributed by atoms with van der Waals surface area (Å²) in [5.41, 5.74) is 0. The molecule has 0 radical (unpaired) electrons. The Morgan fingerprint density at radius 2 is 2.55 bits per heavy atom. The van der Waals surface area contributed by atoms with Crippen LogP contribution in [0.1, 0.15) is 6.92 Å². The Balaban J connectivity index is 2.17. The van der Waals surface area contributed by atoms with Gasteiger partial charge >= 0.3 is 8.69 Å². The van der Waals surface area contributed by atoms with Gasteiger partial charge in [0.05, 0.1) is 18.8 Å². The second-order valence-electron chi connectivity index (χ2n) is 2.60. The Morgan fingerprint density at radius 1 is 1.73 bits per heavy atom. The predicted octanol–water partition coefficient (Wildman–Crippen LogP) is 0.587. The Bertz CT molecular complexity index is 133. The molecule has 0 aromatic heterocycles. The molecule has 1 rings (SSSR count). The maximum Gasteiger partial charge on any atom is 0.327 e. The molecule has 0 aromatic carbocycles. The second-order valence-corrected chi connectivity index (χ2v) is 3.00. The highest BCUT2D eigenvalue weighted by atomic mass is 31.1. The molecule has 1 heterocycles. The van der Waals surface area contributed by atoms with Crippen molar-refractivity contribution in [1.29, 1.82) is 0 Å². The van der Waals surface area contributed by atoms with Crippen LogP contribution in [0.15, 0.2) is 0 Å². The van der Waals surface area contributed by atoms with Crippen LogP contribution in [0.4, 0.5) is 0 Å². The Hall–Kier alpha value is -0.0200. The summed E-state index contributed by atoms with van der Waals surface area (Å²) in [5, 5.41) is 3.18. The summed E-state index contributed by atoms with van der Waals surface area (Å²) in [6.45, 7) is 4.04. The lowest BCUT2D eigenvalue weighted by atomic mass is 10.3. The van der Waals surface area contributed by atoms with E-state index < -0.39 is 0 Å². The predicted molar refractivity (Wildman–Crippen MR) is 40.8 cm³/mol. The fraction of sp³-hybridized carbons (Fsp3) is 1.00. The van der Waals surface area contributed by atoms with Crippen LogP contribution >= 0.6 is 8.69 Å². The normalized spacial score (nSPS) is 32.5. The smallest absolute Gasteiger partial charge is 0.327 e. The van der Waals surface area contributed by atoms with Crippen molar-refractivity contribution < 1.29 is 13.8 Å². The van der Waals surface area contributed by atoms with Crippen LogP contribution in [0.3, 0.4) is 0 Å². The van der Waals surface area contributed by atoms with Crippen molar-refractivity contribution in [2.24, 2.45) is 0 Å². The minimum Gasteiger partial charge on any atom is -0.370 e. The summed E-state index contributed by atoms with van der Waals surface area (Å²) in [5.74, 6) is 0. The van der Waals surface area contributed by atoms with Crippen LogP contribution in [0.2, 0.25) is 0 Å². The third-order valence-electron chi connectivity index (χ3n) is 1.54. The summed E-state index contributed by atoms with van der Waals surface area (Å²) >= 11 is 0. The lowest BCUT2D eigenvalue weighted by Crippen LogP contribution is -2.45. The highest BCUT2D eigenvalue weighted by molar-refractivity contribution is 7.17. The molecule has 0 bridgehead atoms. The topological polar surface area (TPSA) is 47.6 Å². The fourth-order valence-corrected chi connectivity index (χ4v) is 1.31. The van der Waals surface area contributed by atoms with E-state index in [-0.39, 0.29) is 20.9 Å². The highest BCUT2D eigenvalue weighted by Gasteiger charge is 2.18. The van der Waals surface area contributed by atoms with Crippen molar-refractivity contribution in [2.45, 2.75) is 19.1 Å². The van der Waals surface area contributed by atoms with E-state index >= 15 is 0 Å². The Morgan fingerprint density at radius 3 is 3.18 bits per heavy atom. The molecule has 1 aliphatic rings. The lowest BCUT2D eigenvalue weighted by Gasteiger charge is -2.27. The molecule has 0 aromatic rings. The average Bonchev–Trinajstić information content (AvgIpc) is 2.01. The van der Waals surface area contributed by atoms with Crippen LogP contribution in [-0.4, -0.2) is 31.9 Å². The van der Waals surface area contributed by atoms with Crippen molar-refractivity contribution in [3.63, 3.8) is 0 Å². The van der Waals surface area contributed by atoms with Gasteiger partial charge in [-0.3, -0.25) is 4.52 Å². The number of ether oxygens (including phenoxy) is 1. The van der Waals surface area contributed by atoms with Gasteiger partial charge in [0.2, 0.25) is 0 Å². The van der Waals surface area contributed by atoms with Gasteiger partial charge in [0.25, 0.3) is 0 Å². The van der Waals surface area contributed by atoms with Gasteiger partial charge in [0.1, 0.15) is 0 Å². The second kappa shape index (κ2) is 4.78. The number of morpholine rings is 1. The van der Waals surface area contributed by atoms with Gasteiger partial charge < -0.3 is 10.1 Å². The van der Waals surface area contributed by atoms with Crippen molar-refractivity contribution in [3.8, 4) is 0 Å². The quantitative estimate of drug-likeness (QED) is 0.641. The molecule has 1 saturated heterocycles. The average molecular weight is 177 g/mol. The van der Waals surface area contributed by atoms with Crippen LogP contribution in [0, 0.1) is 0 Å². The maximum absolute atomic E-state index is 9.93. The van der Waals surface area contributed by atoms with E-state index in [0.717, 1.165) is 13.1 Å².